The molecule has 4 heteroatoms. The molecule has 0 aliphatic heterocycles. The summed E-state index contributed by atoms with van der Waals surface area (Å²) >= 11 is 6.03. The Bertz CT molecular complexity index is 537. The minimum absolute atomic E-state index is 0.641. The fraction of sp³-hybridized carbons (Fsp3) is 0.333. The molecule has 0 atom stereocenters. The molecule has 3 nitrogen and oxygen atoms in total. The predicted octanol–water partition coefficient (Wildman–Crippen LogP) is 4.17. The summed E-state index contributed by atoms with van der Waals surface area (Å²) in [4.78, 5) is 0. The number of hydrogen-bond donors (Lipinski definition) is 1. The number of benzene rings is 1. The van der Waals surface area contributed by atoms with Gasteiger partial charge in [0.05, 0.1) is 12.3 Å². The third kappa shape index (κ3) is 3.67. The molecule has 0 spiro atoms. The van der Waals surface area contributed by atoms with Gasteiger partial charge in [-0.15, -0.1) is 0 Å². The summed E-state index contributed by atoms with van der Waals surface area (Å²) in [6.07, 6.45) is 4.22. The highest BCUT2D eigenvalue weighted by Gasteiger charge is 2.04. The van der Waals surface area contributed by atoms with Crippen LogP contribution < -0.4 is 10.1 Å². The lowest BCUT2D eigenvalue weighted by Crippen LogP contribution is -2.02. The summed E-state index contributed by atoms with van der Waals surface area (Å²) < 4.78 is 7.73. The molecule has 102 valence electrons. The first-order valence-corrected chi connectivity index (χ1v) is 6.91. The van der Waals surface area contributed by atoms with Gasteiger partial charge in [-0.2, -0.15) is 0 Å². The van der Waals surface area contributed by atoms with E-state index >= 15 is 0 Å². The molecule has 0 saturated carbocycles. The van der Waals surface area contributed by atoms with E-state index in [4.69, 9.17) is 16.3 Å². The minimum Gasteiger partial charge on any atom is -0.492 e. The number of nitrogens with zero attached hydrogens (tertiary/aromatic N) is 1. The molecular weight excluding hydrogens is 260 g/mol. The normalized spacial score (nSPS) is 10.5. The van der Waals surface area contributed by atoms with Crippen molar-refractivity contribution in [3.63, 3.8) is 0 Å². The average molecular weight is 279 g/mol. The zero-order valence-electron chi connectivity index (χ0n) is 11.3. The van der Waals surface area contributed by atoms with Crippen LogP contribution in [0.1, 0.15) is 19.4 Å². The number of halogens is 1. The van der Waals surface area contributed by atoms with Crippen molar-refractivity contribution in [2.24, 2.45) is 0 Å². The van der Waals surface area contributed by atoms with E-state index in [0.29, 0.717) is 11.6 Å². The van der Waals surface area contributed by atoms with Crippen molar-refractivity contribution in [1.29, 1.82) is 0 Å². The molecule has 2 aromatic rings. The number of nitrogens with one attached hydrogen (secondary N) is 1. The molecule has 0 radical (unpaired) electrons. The van der Waals surface area contributed by atoms with Crippen LogP contribution in [-0.4, -0.2) is 11.2 Å². The topological polar surface area (TPSA) is 26.2 Å². The molecule has 0 amide bonds. The number of aryl methyl sites for hydroxylation is 1. The molecule has 1 heterocycles. The van der Waals surface area contributed by atoms with E-state index in [1.54, 1.807) is 0 Å². The summed E-state index contributed by atoms with van der Waals surface area (Å²) in [6.45, 7) is 6.48. The molecule has 1 N–H and O–H groups in total. The molecular formula is C15H19ClN2O. The quantitative estimate of drug-likeness (QED) is 0.858. The van der Waals surface area contributed by atoms with Crippen LogP contribution in [0.2, 0.25) is 5.02 Å². The summed E-state index contributed by atoms with van der Waals surface area (Å²) in [7, 11) is 0. The van der Waals surface area contributed by atoms with Crippen LogP contribution in [0, 0.1) is 0 Å². The summed E-state index contributed by atoms with van der Waals surface area (Å²) in [5, 5.41) is 4.08. The van der Waals surface area contributed by atoms with Gasteiger partial charge in [0, 0.05) is 30.5 Å². The van der Waals surface area contributed by atoms with Gasteiger partial charge < -0.3 is 14.6 Å². The largest absolute Gasteiger partial charge is 0.492 e. The van der Waals surface area contributed by atoms with Gasteiger partial charge in [0.1, 0.15) is 5.75 Å². The molecule has 19 heavy (non-hydrogen) atoms. The Morgan fingerprint density at radius 3 is 2.79 bits per heavy atom. The van der Waals surface area contributed by atoms with Gasteiger partial charge in [-0.1, -0.05) is 11.6 Å². The Morgan fingerprint density at radius 1 is 1.26 bits per heavy atom. The van der Waals surface area contributed by atoms with Crippen molar-refractivity contribution >= 4 is 17.3 Å². The lowest BCUT2D eigenvalue weighted by molar-refractivity contribution is 0.341. The molecule has 1 aromatic heterocycles. The second kappa shape index (κ2) is 6.53. The van der Waals surface area contributed by atoms with E-state index in [9.17, 15) is 0 Å². The molecule has 0 aliphatic carbocycles. The number of aromatic nitrogens is 1. The third-order valence-electron chi connectivity index (χ3n) is 2.90. The first kappa shape index (κ1) is 13.8. The van der Waals surface area contributed by atoms with Gasteiger partial charge in [0.2, 0.25) is 0 Å². The zero-order valence-corrected chi connectivity index (χ0v) is 12.1. The second-order valence-corrected chi connectivity index (χ2v) is 4.71. The fourth-order valence-corrected chi connectivity index (χ4v) is 2.08. The van der Waals surface area contributed by atoms with Crippen LogP contribution in [0.3, 0.4) is 0 Å². The summed E-state index contributed by atoms with van der Waals surface area (Å²) in [5.41, 5.74) is 2.17. The predicted molar refractivity (Wildman–Crippen MR) is 80.1 cm³/mol. The lowest BCUT2D eigenvalue weighted by Gasteiger charge is -2.12. The molecule has 0 bridgehead atoms. The maximum Gasteiger partial charge on any atom is 0.142 e. The van der Waals surface area contributed by atoms with E-state index in [0.717, 1.165) is 24.5 Å². The van der Waals surface area contributed by atoms with Gasteiger partial charge in [-0.3, -0.25) is 0 Å². The van der Waals surface area contributed by atoms with Crippen molar-refractivity contribution < 1.29 is 4.74 Å². The monoisotopic (exact) mass is 278 g/mol. The van der Waals surface area contributed by atoms with Crippen molar-refractivity contribution in [1.82, 2.24) is 4.57 Å². The second-order valence-electron chi connectivity index (χ2n) is 4.28. The van der Waals surface area contributed by atoms with Crippen molar-refractivity contribution in [3.05, 3.63) is 47.2 Å². The van der Waals surface area contributed by atoms with Crippen LogP contribution in [-0.2, 0) is 13.1 Å². The fourth-order valence-electron chi connectivity index (χ4n) is 1.91. The van der Waals surface area contributed by atoms with Crippen molar-refractivity contribution in [2.75, 3.05) is 11.9 Å². The highest BCUT2D eigenvalue weighted by Crippen LogP contribution is 2.28. The summed E-state index contributed by atoms with van der Waals surface area (Å²) in [6, 6.07) is 7.74. The third-order valence-corrected chi connectivity index (χ3v) is 3.14. The Hall–Kier alpha value is -1.61. The van der Waals surface area contributed by atoms with Gasteiger partial charge >= 0.3 is 0 Å². The van der Waals surface area contributed by atoms with Gasteiger partial charge in [0.15, 0.2) is 0 Å². The maximum absolute atomic E-state index is 6.03. The number of hydrogen-bond acceptors (Lipinski definition) is 2. The van der Waals surface area contributed by atoms with E-state index in [2.05, 4.69) is 35.3 Å². The van der Waals surface area contributed by atoms with Crippen molar-refractivity contribution in [3.8, 4) is 5.75 Å². The Kier molecular flexibility index (Phi) is 4.74. The first-order chi connectivity index (χ1) is 9.22. The molecule has 0 aliphatic rings. The Morgan fingerprint density at radius 2 is 2.11 bits per heavy atom. The standard InChI is InChI=1S/C15H19ClN2O/c1-3-18-8-7-12(11-18)10-17-14-9-13(16)5-6-15(14)19-4-2/h5-9,11,17H,3-4,10H2,1-2H3. The minimum atomic E-state index is 0.641. The molecule has 0 fully saturated rings. The average Bonchev–Trinajstić information content (AvgIpc) is 2.87. The van der Waals surface area contributed by atoms with Crippen LogP contribution >= 0.6 is 11.6 Å². The highest BCUT2D eigenvalue weighted by molar-refractivity contribution is 6.30. The number of rotatable bonds is 6. The Labute approximate surface area is 119 Å². The molecule has 0 saturated heterocycles. The van der Waals surface area contributed by atoms with Crippen LogP contribution in [0.5, 0.6) is 5.75 Å². The van der Waals surface area contributed by atoms with Crippen LogP contribution in [0.15, 0.2) is 36.7 Å². The van der Waals surface area contributed by atoms with Crippen LogP contribution in [0.25, 0.3) is 0 Å². The number of ether oxygens (including phenoxy) is 1. The summed E-state index contributed by atoms with van der Waals surface area (Å²) in [5.74, 6) is 0.835. The molecule has 2 rings (SSSR count). The number of anilines is 1. The van der Waals surface area contributed by atoms with E-state index in [1.807, 2.05) is 25.1 Å². The van der Waals surface area contributed by atoms with Crippen molar-refractivity contribution in [2.45, 2.75) is 26.9 Å². The van der Waals surface area contributed by atoms with Crippen LogP contribution in [0.4, 0.5) is 5.69 Å². The highest BCUT2D eigenvalue weighted by atomic mass is 35.5. The maximum atomic E-state index is 6.03. The van der Waals surface area contributed by atoms with Gasteiger partial charge in [-0.25, -0.2) is 0 Å². The Balaban J connectivity index is 2.07. The molecule has 1 aromatic carbocycles. The van der Waals surface area contributed by atoms with Gasteiger partial charge in [0.25, 0.3) is 0 Å². The van der Waals surface area contributed by atoms with E-state index in [1.165, 1.54) is 5.56 Å². The van der Waals surface area contributed by atoms with Gasteiger partial charge in [-0.05, 0) is 43.7 Å². The molecule has 0 unspecified atom stereocenters. The smallest absolute Gasteiger partial charge is 0.142 e. The van der Waals surface area contributed by atoms with E-state index in [-0.39, 0.29) is 0 Å². The SMILES string of the molecule is CCOc1ccc(Cl)cc1NCc1ccn(CC)c1. The zero-order chi connectivity index (χ0) is 13.7. The first-order valence-electron chi connectivity index (χ1n) is 6.53. The van der Waals surface area contributed by atoms with E-state index < -0.39 is 0 Å². The lowest BCUT2D eigenvalue weighted by atomic mass is 10.2.